The second kappa shape index (κ2) is 6.25. The summed E-state index contributed by atoms with van der Waals surface area (Å²) < 4.78 is 0. The molecule has 0 aliphatic heterocycles. The van der Waals surface area contributed by atoms with Crippen LogP contribution in [0.5, 0.6) is 0 Å². The molecule has 0 spiro atoms. The molecule has 2 N–H and O–H groups in total. The fourth-order valence-electron chi connectivity index (χ4n) is 1.54. The highest BCUT2D eigenvalue weighted by molar-refractivity contribution is 5.95. The Morgan fingerprint density at radius 3 is 2.25 bits per heavy atom. The topological polar surface area (TPSA) is 60.8 Å². The molecular formula is C12H17NO3. The maximum Gasteiger partial charge on any atom is 0.254 e. The molecule has 0 saturated carbocycles. The van der Waals surface area contributed by atoms with Crippen LogP contribution >= 0.6 is 0 Å². The number of carbonyl (C=O) groups excluding carboxylic acids is 1. The minimum absolute atomic E-state index is 0.0996. The fourth-order valence-corrected chi connectivity index (χ4v) is 1.54. The van der Waals surface area contributed by atoms with Crippen molar-refractivity contribution >= 4 is 5.91 Å². The van der Waals surface area contributed by atoms with Gasteiger partial charge in [0.25, 0.3) is 5.91 Å². The normalized spacial score (nSPS) is 10.2. The molecule has 16 heavy (non-hydrogen) atoms. The van der Waals surface area contributed by atoms with Gasteiger partial charge in [-0.2, -0.15) is 0 Å². The highest BCUT2D eigenvalue weighted by atomic mass is 16.3. The Balaban J connectivity index is 2.85. The van der Waals surface area contributed by atoms with Gasteiger partial charge in [0.2, 0.25) is 0 Å². The van der Waals surface area contributed by atoms with E-state index in [-0.39, 0.29) is 32.2 Å². The van der Waals surface area contributed by atoms with Crippen molar-refractivity contribution < 1.29 is 15.0 Å². The smallest absolute Gasteiger partial charge is 0.254 e. The summed E-state index contributed by atoms with van der Waals surface area (Å²) in [5.41, 5.74) is 1.51. The molecule has 4 nitrogen and oxygen atoms in total. The van der Waals surface area contributed by atoms with Gasteiger partial charge in [0.15, 0.2) is 0 Å². The first-order chi connectivity index (χ1) is 7.70. The third-order valence-corrected chi connectivity index (χ3v) is 2.40. The lowest BCUT2D eigenvalue weighted by atomic mass is 10.1. The lowest BCUT2D eigenvalue weighted by Crippen LogP contribution is -2.36. The molecule has 0 aliphatic carbocycles. The van der Waals surface area contributed by atoms with Gasteiger partial charge in [0.05, 0.1) is 13.2 Å². The SMILES string of the molecule is Cc1ccccc1C(=O)N(CCO)CCO. The van der Waals surface area contributed by atoms with E-state index < -0.39 is 0 Å². The van der Waals surface area contributed by atoms with E-state index in [9.17, 15) is 4.79 Å². The first kappa shape index (κ1) is 12.7. The number of amides is 1. The van der Waals surface area contributed by atoms with Crippen LogP contribution in [0.4, 0.5) is 0 Å². The third-order valence-electron chi connectivity index (χ3n) is 2.40. The second-order valence-corrected chi connectivity index (χ2v) is 3.55. The van der Waals surface area contributed by atoms with E-state index in [1.54, 1.807) is 12.1 Å². The third kappa shape index (κ3) is 3.05. The predicted octanol–water partition coefficient (Wildman–Crippen LogP) is 0.422. The summed E-state index contributed by atoms with van der Waals surface area (Å²) in [4.78, 5) is 13.5. The number of rotatable bonds is 5. The molecule has 0 atom stereocenters. The van der Waals surface area contributed by atoms with Crippen LogP contribution in [0.25, 0.3) is 0 Å². The van der Waals surface area contributed by atoms with Crippen molar-refractivity contribution in [1.29, 1.82) is 0 Å². The van der Waals surface area contributed by atoms with E-state index in [1.807, 2.05) is 19.1 Å². The Hall–Kier alpha value is -1.39. The molecule has 0 aliphatic rings. The van der Waals surface area contributed by atoms with Crippen LogP contribution in [0.3, 0.4) is 0 Å². The number of aliphatic hydroxyl groups excluding tert-OH is 2. The molecule has 0 radical (unpaired) electrons. The van der Waals surface area contributed by atoms with Crippen LogP contribution in [0.2, 0.25) is 0 Å². The Morgan fingerprint density at radius 2 is 1.75 bits per heavy atom. The predicted molar refractivity (Wildman–Crippen MR) is 61.3 cm³/mol. The zero-order valence-corrected chi connectivity index (χ0v) is 9.39. The van der Waals surface area contributed by atoms with Gasteiger partial charge < -0.3 is 15.1 Å². The molecule has 1 rings (SSSR count). The molecule has 4 heteroatoms. The molecule has 0 bridgehead atoms. The molecule has 0 unspecified atom stereocenters. The monoisotopic (exact) mass is 223 g/mol. The number of nitrogens with zero attached hydrogens (tertiary/aromatic N) is 1. The average molecular weight is 223 g/mol. The Kier molecular flexibility index (Phi) is 4.95. The van der Waals surface area contributed by atoms with Crippen LogP contribution in [0, 0.1) is 6.92 Å². The molecular weight excluding hydrogens is 206 g/mol. The Morgan fingerprint density at radius 1 is 1.19 bits per heavy atom. The van der Waals surface area contributed by atoms with Crippen LogP contribution in [0.15, 0.2) is 24.3 Å². The number of carbonyl (C=O) groups is 1. The van der Waals surface area contributed by atoms with Gasteiger partial charge in [-0.3, -0.25) is 4.79 Å². The Bertz CT molecular complexity index is 346. The van der Waals surface area contributed by atoms with Gasteiger partial charge in [-0.15, -0.1) is 0 Å². The van der Waals surface area contributed by atoms with Gasteiger partial charge in [0.1, 0.15) is 0 Å². The first-order valence-corrected chi connectivity index (χ1v) is 5.27. The molecule has 0 saturated heterocycles. The highest BCUT2D eigenvalue weighted by Crippen LogP contribution is 2.10. The molecule has 1 amide bonds. The number of hydrogen-bond acceptors (Lipinski definition) is 3. The second-order valence-electron chi connectivity index (χ2n) is 3.55. The lowest BCUT2D eigenvalue weighted by molar-refractivity contribution is 0.0684. The van der Waals surface area contributed by atoms with Crippen molar-refractivity contribution in [1.82, 2.24) is 4.90 Å². The maximum atomic E-state index is 12.0. The Labute approximate surface area is 95.1 Å². The van der Waals surface area contributed by atoms with E-state index in [2.05, 4.69) is 0 Å². The summed E-state index contributed by atoms with van der Waals surface area (Å²) in [5.74, 6) is -0.152. The number of benzene rings is 1. The minimum atomic E-state index is -0.152. The van der Waals surface area contributed by atoms with Crippen molar-refractivity contribution in [3.8, 4) is 0 Å². The summed E-state index contributed by atoms with van der Waals surface area (Å²) in [6, 6.07) is 7.29. The zero-order chi connectivity index (χ0) is 12.0. The van der Waals surface area contributed by atoms with Crippen LogP contribution < -0.4 is 0 Å². The molecule has 1 aromatic carbocycles. The van der Waals surface area contributed by atoms with Gasteiger partial charge in [-0.05, 0) is 18.6 Å². The van der Waals surface area contributed by atoms with E-state index in [0.717, 1.165) is 5.56 Å². The number of aliphatic hydroxyl groups is 2. The largest absolute Gasteiger partial charge is 0.395 e. The summed E-state index contributed by atoms with van der Waals surface area (Å²) in [7, 11) is 0. The van der Waals surface area contributed by atoms with Gasteiger partial charge in [0, 0.05) is 18.7 Å². The van der Waals surface area contributed by atoms with Gasteiger partial charge in [-0.1, -0.05) is 18.2 Å². The van der Waals surface area contributed by atoms with Crippen molar-refractivity contribution in [3.05, 3.63) is 35.4 Å². The van der Waals surface area contributed by atoms with Crippen LogP contribution in [-0.2, 0) is 0 Å². The molecule has 0 aromatic heterocycles. The summed E-state index contributed by atoms with van der Waals surface area (Å²) in [6.45, 7) is 2.15. The number of hydrogen-bond donors (Lipinski definition) is 2. The van der Waals surface area contributed by atoms with Crippen LogP contribution in [-0.4, -0.2) is 47.3 Å². The molecule has 0 heterocycles. The highest BCUT2D eigenvalue weighted by Gasteiger charge is 2.15. The van der Waals surface area contributed by atoms with E-state index in [0.29, 0.717) is 5.56 Å². The van der Waals surface area contributed by atoms with Crippen molar-refractivity contribution in [2.75, 3.05) is 26.3 Å². The van der Waals surface area contributed by atoms with E-state index in [4.69, 9.17) is 10.2 Å². The molecule has 88 valence electrons. The van der Waals surface area contributed by atoms with Crippen LogP contribution in [0.1, 0.15) is 15.9 Å². The quantitative estimate of drug-likeness (QED) is 0.760. The summed E-state index contributed by atoms with van der Waals surface area (Å²) >= 11 is 0. The molecule has 0 fully saturated rings. The number of aryl methyl sites for hydroxylation is 1. The van der Waals surface area contributed by atoms with Crippen molar-refractivity contribution in [2.24, 2.45) is 0 Å². The lowest BCUT2D eigenvalue weighted by Gasteiger charge is -2.21. The van der Waals surface area contributed by atoms with Crippen molar-refractivity contribution in [3.63, 3.8) is 0 Å². The van der Waals surface area contributed by atoms with E-state index >= 15 is 0 Å². The minimum Gasteiger partial charge on any atom is -0.395 e. The van der Waals surface area contributed by atoms with Crippen molar-refractivity contribution in [2.45, 2.75) is 6.92 Å². The van der Waals surface area contributed by atoms with Gasteiger partial charge >= 0.3 is 0 Å². The summed E-state index contributed by atoms with van der Waals surface area (Å²) in [5, 5.41) is 17.7. The summed E-state index contributed by atoms with van der Waals surface area (Å²) in [6.07, 6.45) is 0. The zero-order valence-electron chi connectivity index (χ0n) is 9.39. The maximum absolute atomic E-state index is 12.0. The van der Waals surface area contributed by atoms with E-state index in [1.165, 1.54) is 4.90 Å². The molecule has 1 aromatic rings. The standard InChI is InChI=1S/C12H17NO3/c1-10-4-2-3-5-11(10)12(16)13(6-8-14)7-9-15/h2-5,14-15H,6-9H2,1H3. The fraction of sp³-hybridized carbons (Fsp3) is 0.417. The first-order valence-electron chi connectivity index (χ1n) is 5.27. The van der Waals surface area contributed by atoms with Gasteiger partial charge in [-0.25, -0.2) is 0 Å². The average Bonchev–Trinajstić information content (AvgIpc) is 2.28.